The van der Waals surface area contributed by atoms with E-state index in [0.29, 0.717) is 6.61 Å². The summed E-state index contributed by atoms with van der Waals surface area (Å²) in [7, 11) is -3.66. The van der Waals surface area contributed by atoms with Gasteiger partial charge in [-0.1, -0.05) is 11.6 Å². The fourth-order valence-corrected chi connectivity index (χ4v) is 3.53. The fourth-order valence-electron chi connectivity index (χ4n) is 2.06. The Hall–Kier alpha value is -1.13. The second kappa shape index (κ2) is 5.70. The molecule has 1 heterocycles. The van der Waals surface area contributed by atoms with Crippen molar-refractivity contribution in [3.8, 4) is 6.07 Å². The molecule has 0 amide bonds. The predicted molar refractivity (Wildman–Crippen MR) is 74.9 cm³/mol. The molecular formula is C13H15ClN2O3S. The van der Waals surface area contributed by atoms with Crippen molar-refractivity contribution < 1.29 is 13.2 Å². The lowest BCUT2D eigenvalue weighted by Gasteiger charge is -2.23. The van der Waals surface area contributed by atoms with Gasteiger partial charge in [-0.15, -0.1) is 0 Å². The topological polar surface area (TPSA) is 79.2 Å². The standard InChI is InChI=1S/C13H15ClN2O3S/c1-13(5-2-6-19-13)9-16-20(17,18)11-4-3-10(8-15)12(14)7-11/h3-4,7,16H,2,5-6,9H2,1H3. The first-order valence-electron chi connectivity index (χ1n) is 6.20. The van der Waals surface area contributed by atoms with Crippen LogP contribution in [0.4, 0.5) is 0 Å². The van der Waals surface area contributed by atoms with Crippen LogP contribution in [0.3, 0.4) is 0 Å². The highest BCUT2D eigenvalue weighted by atomic mass is 35.5. The first-order valence-corrected chi connectivity index (χ1v) is 8.06. The summed E-state index contributed by atoms with van der Waals surface area (Å²) in [6.45, 7) is 2.75. The average Bonchev–Trinajstić information content (AvgIpc) is 2.84. The van der Waals surface area contributed by atoms with Crippen molar-refractivity contribution in [2.75, 3.05) is 13.2 Å². The minimum absolute atomic E-state index is 0.0445. The summed E-state index contributed by atoms with van der Waals surface area (Å²) < 4.78 is 32.4. The average molecular weight is 315 g/mol. The van der Waals surface area contributed by atoms with Gasteiger partial charge in [0.15, 0.2) is 0 Å². The lowest BCUT2D eigenvalue weighted by Crippen LogP contribution is -2.40. The molecule has 0 aromatic heterocycles. The minimum Gasteiger partial charge on any atom is -0.374 e. The molecule has 1 N–H and O–H groups in total. The third kappa shape index (κ3) is 3.30. The number of nitrogens with zero attached hydrogens (tertiary/aromatic N) is 1. The van der Waals surface area contributed by atoms with E-state index in [1.807, 2.05) is 13.0 Å². The molecule has 0 bridgehead atoms. The van der Waals surface area contributed by atoms with E-state index < -0.39 is 15.6 Å². The van der Waals surface area contributed by atoms with Crippen LogP contribution in [0.15, 0.2) is 23.1 Å². The van der Waals surface area contributed by atoms with Crippen molar-refractivity contribution in [1.29, 1.82) is 5.26 Å². The Kier molecular flexibility index (Phi) is 4.35. The quantitative estimate of drug-likeness (QED) is 0.922. The van der Waals surface area contributed by atoms with E-state index in [0.717, 1.165) is 12.8 Å². The molecule has 1 atom stereocenters. The first kappa shape index (κ1) is 15.3. The van der Waals surface area contributed by atoms with Gasteiger partial charge in [-0.05, 0) is 38.0 Å². The molecule has 20 heavy (non-hydrogen) atoms. The van der Waals surface area contributed by atoms with Crippen molar-refractivity contribution in [3.05, 3.63) is 28.8 Å². The van der Waals surface area contributed by atoms with Crippen LogP contribution in [0.2, 0.25) is 5.02 Å². The van der Waals surface area contributed by atoms with Crippen molar-refractivity contribution in [2.45, 2.75) is 30.3 Å². The lowest BCUT2D eigenvalue weighted by atomic mass is 10.0. The van der Waals surface area contributed by atoms with Crippen LogP contribution in [-0.4, -0.2) is 27.2 Å². The summed E-state index contributed by atoms with van der Waals surface area (Å²) in [4.78, 5) is 0.0445. The number of nitrogens with one attached hydrogen (secondary N) is 1. The van der Waals surface area contributed by atoms with Crippen LogP contribution in [0.5, 0.6) is 0 Å². The lowest BCUT2D eigenvalue weighted by molar-refractivity contribution is 0.0250. The van der Waals surface area contributed by atoms with Gasteiger partial charge < -0.3 is 4.74 Å². The Labute approximate surface area is 123 Å². The molecule has 1 aliphatic heterocycles. The van der Waals surface area contributed by atoms with Crippen LogP contribution in [0.1, 0.15) is 25.3 Å². The summed E-state index contributed by atoms with van der Waals surface area (Å²) in [6, 6.07) is 5.93. The SMILES string of the molecule is CC1(CNS(=O)(=O)c2ccc(C#N)c(Cl)c2)CCCO1. The van der Waals surface area contributed by atoms with E-state index in [1.54, 1.807) is 0 Å². The van der Waals surface area contributed by atoms with Gasteiger partial charge in [0.1, 0.15) is 6.07 Å². The molecule has 1 aliphatic rings. The molecule has 1 aromatic rings. The zero-order chi connectivity index (χ0) is 14.8. The van der Waals surface area contributed by atoms with Gasteiger partial charge >= 0.3 is 0 Å². The van der Waals surface area contributed by atoms with Crippen LogP contribution in [-0.2, 0) is 14.8 Å². The molecule has 5 nitrogen and oxygen atoms in total. The number of benzene rings is 1. The maximum Gasteiger partial charge on any atom is 0.240 e. The second-order valence-corrected chi connectivity index (χ2v) is 7.15. The van der Waals surface area contributed by atoms with Gasteiger partial charge in [0, 0.05) is 13.2 Å². The molecule has 1 fully saturated rings. The molecular weight excluding hydrogens is 300 g/mol. The van der Waals surface area contributed by atoms with Crippen molar-refractivity contribution in [2.24, 2.45) is 0 Å². The largest absolute Gasteiger partial charge is 0.374 e. The van der Waals surface area contributed by atoms with Gasteiger partial charge in [-0.3, -0.25) is 0 Å². The van der Waals surface area contributed by atoms with Gasteiger partial charge in [-0.2, -0.15) is 5.26 Å². The third-order valence-corrected chi connectivity index (χ3v) is 5.02. The number of sulfonamides is 1. The van der Waals surface area contributed by atoms with Crippen LogP contribution >= 0.6 is 11.6 Å². The van der Waals surface area contributed by atoms with Gasteiger partial charge in [0.2, 0.25) is 10.0 Å². The summed E-state index contributed by atoms with van der Waals surface area (Å²) in [6.07, 6.45) is 1.75. The molecule has 108 valence electrons. The van der Waals surface area contributed by atoms with Crippen molar-refractivity contribution >= 4 is 21.6 Å². The molecule has 7 heteroatoms. The predicted octanol–water partition coefficient (Wildman–Crippen LogP) is 2.06. The molecule has 0 spiro atoms. The van der Waals surface area contributed by atoms with Crippen LogP contribution < -0.4 is 4.72 Å². The van der Waals surface area contributed by atoms with Gasteiger partial charge in [0.05, 0.1) is 21.1 Å². The normalized spacial score (nSPS) is 22.6. The Bertz CT molecular complexity index is 646. The number of ether oxygens (including phenoxy) is 1. The molecule has 1 saturated heterocycles. The number of nitriles is 1. The van der Waals surface area contributed by atoms with Crippen molar-refractivity contribution in [1.82, 2.24) is 4.72 Å². The molecule has 0 aliphatic carbocycles. The van der Waals surface area contributed by atoms with E-state index in [1.165, 1.54) is 18.2 Å². The van der Waals surface area contributed by atoms with E-state index in [9.17, 15) is 8.42 Å². The zero-order valence-corrected chi connectivity index (χ0v) is 12.6. The fraction of sp³-hybridized carbons (Fsp3) is 0.462. The van der Waals surface area contributed by atoms with E-state index in [2.05, 4.69) is 4.72 Å². The summed E-state index contributed by atoms with van der Waals surface area (Å²) >= 11 is 5.85. The Balaban J connectivity index is 2.14. The smallest absolute Gasteiger partial charge is 0.240 e. The number of halogens is 1. The van der Waals surface area contributed by atoms with Crippen molar-refractivity contribution in [3.63, 3.8) is 0 Å². The highest BCUT2D eigenvalue weighted by Gasteiger charge is 2.31. The maximum atomic E-state index is 12.2. The van der Waals surface area contributed by atoms with E-state index >= 15 is 0 Å². The number of hydrogen-bond donors (Lipinski definition) is 1. The molecule has 1 aromatic carbocycles. The molecule has 0 saturated carbocycles. The van der Waals surface area contributed by atoms with Gasteiger partial charge in [-0.25, -0.2) is 13.1 Å². The monoisotopic (exact) mass is 314 g/mol. The third-order valence-electron chi connectivity index (χ3n) is 3.31. The highest BCUT2D eigenvalue weighted by molar-refractivity contribution is 7.89. The summed E-state index contributed by atoms with van der Waals surface area (Å²) in [5.74, 6) is 0. The maximum absolute atomic E-state index is 12.2. The van der Waals surface area contributed by atoms with Gasteiger partial charge in [0.25, 0.3) is 0 Å². The Morgan fingerprint density at radius 1 is 1.55 bits per heavy atom. The second-order valence-electron chi connectivity index (χ2n) is 4.98. The Morgan fingerprint density at radius 2 is 2.30 bits per heavy atom. The minimum atomic E-state index is -3.66. The molecule has 2 rings (SSSR count). The molecule has 1 unspecified atom stereocenters. The van der Waals surface area contributed by atoms with Crippen LogP contribution in [0, 0.1) is 11.3 Å². The summed E-state index contributed by atoms with van der Waals surface area (Å²) in [5.41, 5.74) is -0.208. The van der Waals surface area contributed by atoms with E-state index in [4.69, 9.17) is 21.6 Å². The Morgan fingerprint density at radius 3 is 2.85 bits per heavy atom. The molecule has 0 radical (unpaired) electrons. The zero-order valence-electron chi connectivity index (χ0n) is 11.0. The first-order chi connectivity index (χ1) is 9.36. The highest BCUT2D eigenvalue weighted by Crippen LogP contribution is 2.25. The number of hydrogen-bond acceptors (Lipinski definition) is 4. The van der Waals surface area contributed by atoms with E-state index in [-0.39, 0.29) is 22.0 Å². The number of rotatable bonds is 4. The van der Waals surface area contributed by atoms with Crippen LogP contribution in [0.25, 0.3) is 0 Å². The summed E-state index contributed by atoms with van der Waals surface area (Å²) in [5, 5.41) is 8.90.